The fourth-order valence-electron chi connectivity index (χ4n) is 1.32. The van der Waals surface area contributed by atoms with Gasteiger partial charge in [-0.15, -0.1) is 0 Å². The molecular weight excluding hydrogens is 274 g/mol. The molecule has 0 bridgehead atoms. The number of carboxylic acid groups (broad SMARTS) is 1. The summed E-state index contributed by atoms with van der Waals surface area (Å²) < 4.78 is 23.8. The van der Waals surface area contributed by atoms with Crippen LogP contribution in [-0.2, 0) is 14.8 Å². The number of carboxylic acids is 1. The molecule has 8 nitrogen and oxygen atoms in total. The van der Waals surface area contributed by atoms with Crippen LogP contribution in [-0.4, -0.2) is 50.4 Å². The van der Waals surface area contributed by atoms with Gasteiger partial charge in [0.1, 0.15) is 0 Å². The summed E-state index contributed by atoms with van der Waals surface area (Å²) in [6, 6.07) is -0.481. The minimum absolute atomic E-state index is 0.184. The van der Waals surface area contributed by atoms with Gasteiger partial charge in [-0.3, -0.25) is 4.79 Å². The lowest BCUT2D eigenvalue weighted by Crippen LogP contribution is -2.49. The van der Waals surface area contributed by atoms with E-state index < -0.39 is 27.6 Å². The van der Waals surface area contributed by atoms with Crippen LogP contribution < -0.4 is 15.4 Å². The van der Waals surface area contributed by atoms with Crippen LogP contribution in [0.4, 0.5) is 4.79 Å². The second-order valence-corrected chi connectivity index (χ2v) is 6.69. The Kier molecular flexibility index (Phi) is 6.77. The number of rotatable bonds is 8. The van der Waals surface area contributed by atoms with E-state index in [1.807, 2.05) is 0 Å². The molecule has 19 heavy (non-hydrogen) atoms. The summed E-state index contributed by atoms with van der Waals surface area (Å²) >= 11 is 0. The highest BCUT2D eigenvalue weighted by Gasteiger charge is 2.23. The average molecular weight is 295 g/mol. The van der Waals surface area contributed by atoms with Crippen molar-refractivity contribution in [3.8, 4) is 0 Å². The molecule has 0 aromatic rings. The predicted octanol–water partition coefficient (Wildman–Crippen LogP) is -0.522. The van der Waals surface area contributed by atoms with E-state index in [9.17, 15) is 18.0 Å². The SMILES string of the molecule is CC(C)(CC(=O)O)NC(=O)NCCCNS(C)(=O)=O. The fraction of sp³-hybridized carbons (Fsp3) is 0.800. The normalized spacial score (nSPS) is 11.9. The topological polar surface area (TPSA) is 125 Å². The van der Waals surface area contributed by atoms with Gasteiger partial charge < -0.3 is 15.7 Å². The number of carbonyl (C=O) groups excluding carboxylic acids is 1. The van der Waals surface area contributed by atoms with Gasteiger partial charge in [0.05, 0.1) is 12.7 Å². The van der Waals surface area contributed by atoms with Crippen molar-refractivity contribution < 1.29 is 23.1 Å². The van der Waals surface area contributed by atoms with Gasteiger partial charge in [0, 0.05) is 18.6 Å². The first-order chi connectivity index (χ1) is 8.52. The van der Waals surface area contributed by atoms with E-state index in [2.05, 4.69) is 15.4 Å². The highest BCUT2D eigenvalue weighted by molar-refractivity contribution is 7.88. The number of aliphatic carboxylic acids is 1. The third-order valence-electron chi connectivity index (χ3n) is 2.05. The molecule has 0 unspecified atom stereocenters. The van der Waals surface area contributed by atoms with E-state index in [1.165, 1.54) is 0 Å². The minimum Gasteiger partial charge on any atom is -0.481 e. The second kappa shape index (κ2) is 7.29. The van der Waals surface area contributed by atoms with Crippen LogP contribution in [0.5, 0.6) is 0 Å². The minimum atomic E-state index is -3.21. The molecule has 0 radical (unpaired) electrons. The van der Waals surface area contributed by atoms with Crippen molar-refractivity contribution in [3.05, 3.63) is 0 Å². The highest BCUT2D eigenvalue weighted by Crippen LogP contribution is 2.07. The molecule has 4 N–H and O–H groups in total. The molecule has 0 aromatic carbocycles. The van der Waals surface area contributed by atoms with Crippen molar-refractivity contribution in [1.29, 1.82) is 0 Å². The smallest absolute Gasteiger partial charge is 0.315 e. The summed E-state index contributed by atoms with van der Waals surface area (Å²) in [5, 5.41) is 13.7. The monoisotopic (exact) mass is 295 g/mol. The molecular formula is C10H21N3O5S. The standard InChI is InChI=1S/C10H21N3O5S/c1-10(2,7-8(14)15)13-9(16)11-5-4-6-12-19(3,17)18/h12H,4-7H2,1-3H3,(H,14,15)(H2,11,13,16). The Hall–Kier alpha value is -1.35. The molecule has 0 spiro atoms. The first-order valence-electron chi connectivity index (χ1n) is 5.74. The molecule has 112 valence electrons. The number of sulfonamides is 1. The summed E-state index contributed by atoms with van der Waals surface area (Å²) in [6.07, 6.45) is 1.32. The zero-order valence-corrected chi connectivity index (χ0v) is 12.1. The number of hydrogen-bond acceptors (Lipinski definition) is 4. The van der Waals surface area contributed by atoms with Gasteiger partial charge in [0.25, 0.3) is 0 Å². The Bertz CT molecular complexity index is 419. The molecule has 0 atom stereocenters. The number of carbonyl (C=O) groups is 2. The highest BCUT2D eigenvalue weighted by atomic mass is 32.2. The molecule has 0 aromatic heterocycles. The number of urea groups is 1. The Labute approximate surface area is 113 Å². The maximum Gasteiger partial charge on any atom is 0.315 e. The van der Waals surface area contributed by atoms with Crippen LogP contribution in [0.25, 0.3) is 0 Å². The van der Waals surface area contributed by atoms with Crippen LogP contribution in [0.2, 0.25) is 0 Å². The van der Waals surface area contributed by atoms with E-state index in [1.54, 1.807) is 13.8 Å². The van der Waals surface area contributed by atoms with Crippen molar-refractivity contribution in [2.45, 2.75) is 32.2 Å². The first-order valence-corrected chi connectivity index (χ1v) is 7.63. The third kappa shape index (κ3) is 11.5. The summed E-state index contributed by atoms with van der Waals surface area (Å²) in [4.78, 5) is 22.0. The number of amides is 2. The molecule has 0 aliphatic rings. The lowest BCUT2D eigenvalue weighted by atomic mass is 10.0. The van der Waals surface area contributed by atoms with Crippen LogP contribution in [0.15, 0.2) is 0 Å². The quantitative estimate of drug-likeness (QED) is 0.448. The maximum absolute atomic E-state index is 11.4. The van der Waals surface area contributed by atoms with Gasteiger partial charge in [-0.1, -0.05) is 0 Å². The molecule has 0 aliphatic heterocycles. The van der Waals surface area contributed by atoms with Gasteiger partial charge in [-0.2, -0.15) is 0 Å². The fourth-order valence-corrected chi connectivity index (χ4v) is 1.84. The summed E-state index contributed by atoms with van der Waals surface area (Å²) in [6.45, 7) is 3.73. The Morgan fingerprint density at radius 3 is 2.26 bits per heavy atom. The van der Waals surface area contributed by atoms with E-state index >= 15 is 0 Å². The molecule has 0 saturated carbocycles. The maximum atomic E-state index is 11.4. The Morgan fingerprint density at radius 1 is 1.21 bits per heavy atom. The number of hydrogen-bond donors (Lipinski definition) is 4. The van der Waals surface area contributed by atoms with E-state index in [0.29, 0.717) is 6.42 Å². The van der Waals surface area contributed by atoms with Crippen LogP contribution in [0.3, 0.4) is 0 Å². The van der Waals surface area contributed by atoms with Crippen molar-refractivity contribution in [2.24, 2.45) is 0 Å². The first kappa shape index (κ1) is 17.6. The van der Waals surface area contributed by atoms with Crippen molar-refractivity contribution in [1.82, 2.24) is 15.4 Å². The molecule has 0 rings (SSSR count). The molecule has 0 heterocycles. The molecule has 0 aliphatic carbocycles. The predicted molar refractivity (Wildman–Crippen MR) is 70.3 cm³/mol. The Balaban J connectivity index is 3.85. The number of nitrogens with one attached hydrogen (secondary N) is 3. The van der Waals surface area contributed by atoms with Crippen molar-refractivity contribution in [2.75, 3.05) is 19.3 Å². The average Bonchev–Trinajstić information content (AvgIpc) is 2.11. The summed E-state index contributed by atoms with van der Waals surface area (Å²) in [7, 11) is -3.21. The van der Waals surface area contributed by atoms with Crippen LogP contribution in [0, 0.1) is 0 Å². The summed E-state index contributed by atoms with van der Waals surface area (Å²) in [5.41, 5.74) is -0.846. The molecule has 0 saturated heterocycles. The van der Waals surface area contributed by atoms with E-state index in [4.69, 9.17) is 5.11 Å². The van der Waals surface area contributed by atoms with E-state index in [0.717, 1.165) is 6.26 Å². The lowest BCUT2D eigenvalue weighted by Gasteiger charge is -2.24. The third-order valence-corrected chi connectivity index (χ3v) is 2.78. The second-order valence-electron chi connectivity index (χ2n) is 4.86. The van der Waals surface area contributed by atoms with Gasteiger partial charge in [-0.05, 0) is 20.3 Å². The van der Waals surface area contributed by atoms with Gasteiger partial charge >= 0.3 is 12.0 Å². The van der Waals surface area contributed by atoms with Crippen molar-refractivity contribution in [3.63, 3.8) is 0 Å². The lowest BCUT2D eigenvalue weighted by molar-refractivity contribution is -0.138. The zero-order valence-electron chi connectivity index (χ0n) is 11.3. The van der Waals surface area contributed by atoms with E-state index in [-0.39, 0.29) is 19.5 Å². The van der Waals surface area contributed by atoms with Crippen LogP contribution >= 0.6 is 0 Å². The molecule has 2 amide bonds. The van der Waals surface area contributed by atoms with Crippen LogP contribution in [0.1, 0.15) is 26.7 Å². The largest absolute Gasteiger partial charge is 0.481 e. The van der Waals surface area contributed by atoms with Crippen molar-refractivity contribution >= 4 is 22.0 Å². The van der Waals surface area contributed by atoms with Gasteiger partial charge in [-0.25, -0.2) is 17.9 Å². The van der Waals surface area contributed by atoms with Gasteiger partial charge in [0.2, 0.25) is 10.0 Å². The molecule has 9 heteroatoms. The zero-order chi connectivity index (χ0) is 15.1. The Morgan fingerprint density at radius 2 is 1.79 bits per heavy atom. The van der Waals surface area contributed by atoms with Gasteiger partial charge in [0.15, 0.2) is 0 Å². The summed E-state index contributed by atoms with van der Waals surface area (Å²) in [5.74, 6) is -0.998. The molecule has 0 fully saturated rings.